The van der Waals surface area contributed by atoms with Crippen LogP contribution in [0.25, 0.3) is 0 Å². The number of ether oxygens (including phenoxy) is 2. The summed E-state index contributed by atoms with van der Waals surface area (Å²) in [6.45, 7) is 2.88. The molecule has 3 rings (SSSR count). The Hall–Kier alpha value is -1.75. The smallest absolute Gasteiger partial charge is 0.231 e. The van der Waals surface area contributed by atoms with Crippen LogP contribution in [0.15, 0.2) is 18.2 Å². The van der Waals surface area contributed by atoms with E-state index in [9.17, 15) is 4.79 Å². The molecule has 1 aromatic carbocycles. The van der Waals surface area contributed by atoms with Gasteiger partial charge in [-0.3, -0.25) is 4.79 Å². The van der Waals surface area contributed by atoms with Gasteiger partial charge in [0.05, 0.1) is 0 Å². The molecule has 0 aromatic heterocycles. The molecule has 5 nitrogen and oxygen atoms in total. The first kappa shape index (κ1) is 13.2. The fraction of sp³-hybridized carbons (Fsp3) is 0.533. The third-order valence-corrected chi connectivity index (χ3v) is 3.90. The number of hydrogen-bond acceptors (Lipinski definition) is 4. The van der Waals surface area contributed by atoms with Crippen LogP contribution in [0.2, 0.25) is 0 Å². The molecule has 0 spiro atoms. The van der Waals surface area contributed by atoms with Crippen molar-refractivity contribution in [1.29, 1.82) is 0 Å². The second-order valence-electron chi connectivity index (χ2n) is 5.33. The molecule has 1 amide bonds. The first-order valence-electron chi connectivity index (χ1n) is 7.18. The van der Waals surface area contributed by atoms with Gasteiger partial charge in [0, 0.05) is 18.5 Å². The molecule has 2 N–H and O–H groups in total. The first-order valence-corrected chi connectivity index (χ1v) is 7.18. The van der Waals surface area contributed by atoms with Gasteiger partial charge in [0.1, 0.15) is 0 Å². The van der Waals surface area contributed by atoms with Gasteiger partial charge in [-0.1, -0.05) is 12.1 Å². The van der Waals surface area contributed by atoms with E-state index in [-0.39, 0.29) is 12.7 Å². The van der Waals surface area contributed by atoms with E-state index in [0.29, 0.717) is 18.9 Å². The van der Waals surface area contributed by atoms with Gasteiger partial charge >= 0.3 is 0 Å². The quantitative estimate of drug-likeness (QED) is 0.854. The molecule has 2 aliphatic heterocycles. The molecule has 2 aliphatic rings. The van der Waals surface area contributed by atoms with Gasteiger partial charge in [-0.05, 0) is 37.9 Å². The lowest BCUT2D eigenvalue weighted by molar-refractivity contribution is -0.121. The fourth-order valence-corrected chi connectivity index (χ4v) is 2.71. The predicted molar refractivity (Wildman–Crippen MR) is 74.6 cm³/mol. The summed E-state index contributed by atoms with van der Waals surface area (Å²) in [5, 5.41) is 6.28. The Bertz CT molecular complexity index is 484. The number of carbonyl (C=O) groups excluding carboxylic acids is 1. The van der Waals surface area contributed by atoms with Crippen LogP contribution in [-0.4, -0.2) is 25.8 Å². The highest BCUT2D eigenvalue weighted by atomic mass is 16.7. The van der Waals surface area contributed by atoms with Crippen molar-refractivity contribution in [3.05, 3.63) is 23.8 Å². The van der Waals surface area contributed by atoms with Gasteiger partial charge in [-0.2, -0.15) is 0 Å². The third-order valence-electron chi connectivity index (χ3n) is 3.90. The number of rotatable bonds is 5. The Balaban J connectivity index is 1.47. The van der Waals surface area contributed by atoms with Crippen LogP contribution in [0, 0.1) is 5.92 Å². The van der Waals surface area contributed by atoms with Crippen LogP contribution in [0.5, 0.6) is 11.5 Å². The first-order chi connectivity index (χ1) is 9.83. The Kier molecular flexibility index (Phi) is 4.06. The van der Waals surface area contributed by atoms with Crippen molar-refractivity contribution in [3.8, 4) is 11.5 Å². The topological polar surface area (TPSA) is 59.6 Å². The average molecular weight is 276 g/mol. The van der Waals surface area contributed by atoms with Crippen molar-refractivity contribution in [1.82, 2.24) is 10.6 Å². The monoisotopic (exact) mass is 276 g/mol. The number of amides is 1. The summed E-state index contributed by atoms with van der Waals surface area (Å²) < 4.78 is 10.7. The summed E-state index contributed by atoms with van der Waals surface area (Å²) in [6.07, 6.45) is 2.74. The van der Waals surface area contributed by atoms with Gasteiger partial charge in [-0.15, -0.1) is 0 Å². The number of hydrogen-bond donors (Lipinski definition) is 2. The summed E-state index contributed by atoms with van der Waals surface area (Å²) >= 11 is 0. The fourth-order valence-electron chi connectivity index (χ4n) is 2.71. The molecule has 2 heterocycles. The van der Waals surface area contributed by atoms with E-state index in [1.54, 1.807) is 0 Å². The maximum Gasteiger partial charge on any atom is 0.231 e. The second kappa shape index (κ2) is 6.13. The Morgan fingerprint density at radius 2 is 2.35 bits per heavy atom. The van der Waals surface area contributed by atoms with Crippen molar-refractivity contribution >= 4 is 5.91 Å². The summed E-state index contributed by atoms with van der Waals surface area (Å²) in [7, 11) is 0. The van der Waals surface area contributed by atoms with Gasteiger partial charge in [-0.25, -0.2) is 0 Å². The van der Waals surface area contributed by atoms with Crippen molar-refractivity contribution in [2.75, 3.05) is 19.9 Å². The van der Waals surface area contributed by atoms with Crippen molar-refractivity contribution in [3.63, 3.8) is 0 Å². The zero-order chi connectivity index (χ0) is 13.8. The summed E-state index contributed by atoms with van der Waals surface area (Å²) in [4.78, 5) is 11.9. The van der Waals surface area contributed by atoms with Crippen molar-refractivity contribution < 1.29 is 14.3 Å². The van der Waals surface area contributed by atoms with Crippen LogP contribution >= 0.6 is 0 Å². The maximum atomic E-state index is 11.9. The number of carbonyl (C=O) groups is 1. The molecule has 0 aliphatic carbocycles. The summed E-state index contributed by atoms with van der Waals surface area (Å²) in [6, 6.07) is 5.74. The molecular formula is C15H20N2O3. The molecule has 20 heavy (non-hydrogen) atoms. The average Bonchev–Trinajstić information content (AvgIpc) is 3.13. The molecule has 1 unspecified atom stereocenters. The molecule has 5 heteroatoms. The zero-order valence-corrected chi connectivity index (χ0v) is 11.5. The minimum atomic E-state index is 0.105. The van der Waals surface area contributed by atoms with Gasteiger partial charge in [0.25, 0.3) is 0 Å². The standard InChI is InChI=1S/C15H20N2O3/c18-14(5-4-11-6-7-16-8-11)17-9-12-2-1-3-13-15(12)20-10-19-13/h1-3,11,16H,4-10H2,(H,17,18). The maximum absolute atomic E-state index is 11.9. The van der Waals surface area contributed by atoms with Crippen molar-refractivity contribution in [2.45, 2.75) is 25.8 Å². The van der Waals surface area contributed by atoms with Crippen LogP contribution in [0.3, 0.4) is 0 Å². The van der Waals surface area contributed by atoms with E-state index >= 15 is 0 Å². The number of fused-ring (bicyclic) bond motifs is 1. The largest absolute Gasteiger partial charge is 0.454 e. The minimum Gasteiger partial charge on any atom is -0.454 e. The number of benzene rings is 1. The molecule has 0 bridgehead atoms. The Morgan fingerprint density at radius 3 is 3.20 bits per heavy atom. The molecule has 108 valence electrons. The normalized spacial score (nSPS) is 20.1. The minimum absolute atomic E-state index is 0.105. The van der Waals surface area contributed by atoms with Crippen molar-refractivity contribution in [2.24, 2.45) is 5.92 Å². The molecular weight excluding hydrogens is 256 g/mol. The van der Waals surface area contributed by atoms with Crippen LogP contribution in [-0.2, 0) is 11.3 Å². The molecule has 0 radical (unpaired) electrons. The van der Waals surface area contributed by atoms with E-state index in [4.69, 9.17) is 9.47 Å². The van der Waals surface area contributed by atoms with Crippen LogP contribution in [0.4, 0.5) is 0 Å². The summed E-state index contributed by atoms with van der Waals surface area (Å²) in [5.74, 6) is 2.27. The lowest BCUT2D eigenvalue weighted by Crippen LogP contribution is -2.23. The highest BCUT2D eigenvalue weighted by Gasteiger charge is 2.18. The summed E-state index contributed by atoms with van der Waals surface area (Å²) in [5.41, 5.74) is 0.968. The van der Waals surface area contributed by atoms with Gasteiger partial charge in [0.2, 0.25) is 12.7 Å². The second-order valence-corrected chi connectivity index (χ2v) is 5.33. The van der Waals surface area contributed by atoms with E-state index in [0.717, 1.165) is 36.6 Å². The van der Waals surface area contributed by atoms with Crippen LogP contribution < -0.4 is 20.1 Å². The lowest BCUT2D eigenvalue weighted by atomic mass is 10.0. The highest BCUT2D eigenvalue weighted by molar-refractivity contribution is 5.76. The third kappa shape index (κ3) is 3.04. The zero-order valence-electron chi connectivity index (χ0n) is 11.5. The van der Waals surface area contributed by atoms with E-state index in [1.807, 2.05) is 18.2 Å². The molecule has 1 atom stereocenters. The molecule has 1 fully saturated rings. The highest BCUT2D eigenvalue weighted by Crippen LogP contribution is 2.35. The van der Waals surface area contributed by atoms with Gasteiger partial charge < -0.3 is 20.1 Å². The van der Waals surface area contributed by atoms with Gasteiger partial charge in [0.15, 0.2) is 11.5 Å². The predicted octanol–water partition coefficient (Wildman–Crippen LogP) is 1.42. The lowest BCUT2D eigenvalue weighted by Gasteiger charge is -2.10. The van der Waals surface area contributed by atoms with Crippen LogP contribution in [0.1, 0.15) is 24.8 Å². The molecule has 1 aromatic rings. The molecule has 0 saturated carbocycles. The number of para-hydroxylation sites is 1. The Morgan fingerprint density at radius 1 is 1.40 bits per heavy atom. The van der Waals surface area contributed by atoms with E-state index < -0.39 is 0 Å². The molecule has 1 saturated heterocycles. The SMILES string of the molecule is O=C(CCC1CCNC1)NCc1cccc2c1OCO2. The van der Waals surface area contributed by atoms with E-state index in [1.165, 1.54) is 6.42 Å². The number of nitrogens with one attached hydrogen (secondary N) is 2. The van der Waals surface area contributed by atoms with E-state index in [2.05, 4.69) is 10.6 Å². The Labute approximate surface area is 118 Å².